The number of hydrogen-bond acceptors (Lipinski definition) is 4. The number of sulfone groups is 1. The second kappa shape index (κ2) is 6.57. The van der Waals surface area contributed by atoms with Crippen molar-refractivity contribution in [3.05, 3.63) is 0 Å². The van der Waals surface area contributed by atoms with Crippen molar-refractivity contribution in [2.75, 3.05) is 37.7 Å². The summed E-state index contributed by atoms with van der Waals surface area (Å²) in [6, 6.07) is 0.519. The van der Waals surface area contributed by atoms with Crippen molar-refractivity contribution in [2.45, 2.75) is 32.7 Å². The highest BCUT2D eigenvalue weighted by atomic mass is 32.2. The van der Waals surface area contributed by atoms with Crippen molar-refractivity contribution < 1.29 is 8.42 Å². The van der Waals surface area contributed by atoms with E-state index in [-0.39, 0.29) is 5.75 Å². The minimum atomic E-state index is -2.83. The van der Waals surface area contributed by atoms with Crippen LogP contribution in [0.5, 0.6) is 0 Å². The largest absolute Gasteiger partial charge is 0.315 e. The molecule has 0 spiro atoms. The molecule has 0 aromatic rings. The zero-order chi connectivity index (χ0) is 12.0. The molecule has 1 heterocycles. The summed E-state index contributed by atoms with van der Waals surface area (Å²) in [5.41, 5.74) is 0. The minimum Gasteiger partial charge on any atom is -0.315 e. The molecule has 5 heteroatoms. The molecule has 1 rings (SSSR count). The summed E-state index contributed by atoms with van der Waals surface area (Å²) >= 11 is 0. The first-order valence-corrected chi connectivity index (χ1v) is 8.06. The van der Waals surface area contributed by atoms with Gasteiger partial charge in [-0.05, 0) is 25.9 Å². The monoisotopic (exact) mass is 248 g/mol. The van der Waals surface area contributed by atoms with Gasteiger partial charge in [-0.15, -0.1) is 0 Å². The van der Waals surface area contributed by atoms with Crippen LogP contribution in [-0.2, 0) is 9.84 Å². The minimum absolute atomic E-state index is 0.257. The molecule has 4 nitrogen and oxygen atoms in total. The van der Waals surface area contributed by atoms with Gasteiger partial charge in [-0.3, -0.25) is 4.90 Å². The number of nitrogens with one attached hydrogen (secondary N) is 1. The Morgan fingerprint density at radius 2 is 2.12 bits per heavy atom. The van der Waals surface area contributed by atoms with Gasteiger partial charge in [0.2, 0.25) is 0 Å². The molecule has 1 unspecified atom stereocenters. The lowest BCUT2D eigenvalue weighted by Crippen LogP contribution is -2.47. The van der Waals surface area contributed by atoms with Gasteiger partial charge in [-0.1, -0.05) is 13.8 Å². The molecule has 0 saturated carbocycles. The van der Waals surface area contributed by atoms with Crippen molar-refractivity contribution >= 4 is 9.84 Å². The van der Waals surface area contributed by atoms with E-state index >= 15 is 0 Å². The van der Waals surface area contributed by atoms with Gasteiger partial charge in [0.15, 0.2) is 9.84 Å². The van der Waals surface area contributed by atoms with Crippen molar-refractivity contribution in [3.63, 3.8) is 0 Å². The Labute approximate surface area is 99.3 Å². The summed E-state index contributed by atoms with van der Waals surface area (Å²) in [4.78, 5) is 2.29. The molecule has 1 fully saturated rings. The van der Waals surface area contributed by atoms with Crippen LogP contribution in [0.4, 0.5) is 0 Å². The standard InChI is InChI=1S/C11H24N2O2S/c1-3-13(8-9-16(14,15)4-2)11-6-5-7-12-10-11/h11-12H,3-10H2,1-2H3. The van der Waals surface area contributed by atoms with Gasteiger partial charge in [0.1, 0.15) is 0 Å². The predicted octanol–water partition coefficient (Wildman–Crippen LogP) is 0.495. The van der Waals surface area contributed by atoms with Crippen LogP contribution in [0, 0.1) is 0 Å². The normalized spacial score (nSPS) is 22.6. The van der Waals surface area contributed by atoms with E-state index in [0.717, 1.165) is 19.6 Å². The maximum absolute atomic E-state index is 11.5. The van der Waals surface area contributed by atoms with Crippen LogP contribution >= 0.6 is 0 Å². The van der Waals surface area contributed by atoms with Gasteiger partial charge in [-0.2, -0.15) is 0 Å². The molecule has 1 aliphatic heterocycles. The fourth-order valence-electron chi connectivity index (χ4n) is 2.14. The third kappa shape index (κ3) is 4.39. The highest BCUT2D eigenvalue weighted by molar-refractivity contribution is 7.91. The summed E-state index contributed by atoms with van der Waals surface area (Å²) in [6.45, 7) is 7.53. The summed E-state index contributed by atoms with van der Waals surface area (Å²) < 4.78 is 22.9. The van der Waals surface area contributed by atoms with Crippen molar-refractivity contribution in [1.82, 2.24) is 10.2 Å². The van der Waals surface area contributed by atoms with Crippen molar-refractivity contribution in [3.8, 4) is 0 Å². The first-order chi connectivity index (χ1) is 7.59. The quantitative estimate of drug-likeness (QED) is 0.743. The zero-order valence-corrected chi connectivity index (χ0v) is 11.2. The van der Waals surface area contributed by atoms with E-state index in [1.807, 2.05) is 0 Å². The summed E-state index contributed by atoms with van der Waals surface area (Å²) in [5.74, 6) is 0.557. The van der Waals surface area contributed by atoms with Gasteiger partial charge < -0.3 is 5.32 Å². The second-order valence-electron chi connectivity index (χ2n) is 4.37. The molecular weight excluding hydrogens is 224 g/mol. The first kappa shape index (κ1) is 13.9. The predicted molar refractivity (Wildman–Crippen MR) is 67.5 cm³/mol. The fraction of sp³-hybridized carbons (Fsp3) is 1.00. The molecule has 0 bridgehead atoms. The van der Waals surface area contributed by atoms with E-state index in [2.05, 4.69) is 17.1 Å². The Kier molecular flexibility index (Phi) is 5.72. The molecule has 0 aliphatic carbocycles. The molecule has 0 amide bonds. The third-order valence-electron chi connectivity index (χ3n) is 3.32. The molecule has 1 saturated heterocycles. The molecule has 0 radical (unpaired) electrons. The van der Waals surface area contributed by atoms with Gasteiger partial charge >= 0.3 is 0 Å². The Bertz CT molecular complexity index is 284. The first-order valence-electron chi connectivity index (χ1n) is 6.24. The maximum atomic E-state index is 11.5. The second-order valence-corrected chi connectivity index (χ2v) is 6.84. The summed E-state index contributed by atoms with van der Waals surface area (Å²) in [6.07, 6.45) is 2.38. The third-order valence-corrected chi connectivity index (χ3v) is 5.01. The van der Waals surface area contributed by atoms with Gasteiger partial charge in [0, 0.05) is 24.9 Å². The van der Waals surface area contributed by atoms with Crippen LogP contribution < -0.4 is 5.32 Å². The lowest BCUT2D eigenvalue weighted by molar-refractivity contribution is 0.183. The molecule has 96 valence electrons. The molecule has 16 heavy (non-hydrogen) atoms. The zero-order valence-electron chi connectivity index (χ0n) is 10.4. The van der Waals surface area contributed by atoms with Crippen LogP contribution in [0.2, 0.25) is 0 Å². The number of hydrogen-bond donors (Lipinski definition) is 1. The lowest BCUT2D eigenvalue weighted by atomic mass is 10.1. The van der Waals surface area contributed by atoms with E-state index in [1.54, 1.807) is 6.92 Å². The van der Waals surface area contributed by atoms with E-state index in [9.17, 15) is 8.42 Å². The van der Waals surface area contributed by atoms with Crippen molar-refractivity contribution in [1.29, 1.82) is 0 Å². The van der Waals surface area contributed by atoms with Gasteiger partial charge in [0.05, 0.1) is 5.75 Å². The average molecular weight is 248 g/mol. The van der Waals surface area contributed by atoms with Crippen LogP contribution in [0.1, 0.15) is 26.7 Å². The Morgan fingerprint density at radius 3 is 2.62 bits per heavy atom. The highest BCUT2D eigenvalue weighted by Crippen LogP contribution is 2.10. The van der Waals surface area contributed by atoms with E-state index < -0.39 is 9.84 Å². The van der Waals surface area contributed by atoms with Crippen molar-refractivity contribution in [2.24, 2.45) is 0 Å². The number of rotatable bonds is 6. The fourth-order valence-corrected chi connectivity index (χ4v) is 2.95. The van der Waals surface area contributed by atoms with Crippen LogP contribution in [-0.4, -0.2) is 57.0 Å². The summed E-state index contributed by atoms with van der Waals surface area (Å²) in [7, 11) is -2.83. The van der Waals surface area contributed by atoms with Crippen LogP contribution in [0.15, 0.2) is 0 Å². The SMILES string of the molecule is CCN(CCS(=O)(=O)CC)C1CCCNC1. The topological polar surface area (TPSA) is 49.4 Å². The van der Waals surface area contributed by atoms with Gasteiger partial charge in [0.25, 0.3) is 0 Å². The maximum Gasteiger partial charge on any atom is 0.151 e. The van der Waals surface area contributed by atoms with E-state index in [1.165, 1.54) is 12.8 Å². The number of nitrogens with zero attached hydrogens (tertiary/aromatic N) is 1. The van der Waals surface area contributed by atoms with E-state index in [4.69, 9.17) is 0 Å². The highest BCUT2D eigenvalue weighted by Gasteiger charge is 2.20. The number of piperidine rings is 1. The molecule has 0 aromatic carbocycles. The Balaban J connectivity index is 2.42. The lowest BCUT2D eigenvalue weighted by Gasteiger charge is -2.33. The Morgan fingerprint density at radius 1 is 1.38 bits per heavy atom. The van der Waals surface area contributed by atoms with Crippen LogP contribution in [0.25, 0.3) is 0 Å². The molecule has 1 aliphatic rings. The molecule has 1 atom stereocenters. The summed E-state index contributed by atoms with van der Waals surface area (Å²) in [5, 5.41) is 3.37. The molecular formula is C11H24N2O2S. The van der Waals surface area contributed by atoms with Gasteiger partial charge in [-0.25, -0.2) is 8.42 Å². The molecule has 0 aromatic heterocycles. The van der Waals surface area contributed by atoms with Crippen LogP contribution in [0.3, 0.4) is 0 Å². The number of likely N-dealkylation sites (N-methyl/N-ethyl adjacent to an activating group) is 1. The Hall–Kier alpha value is -0.130. The molecule has 1 N–H and O–H groups in total. The van der Waals surface area contributed by atoms with E-state index in [0.29, 0.717) is 18.3 Å². The average Bonchev–Trinajstić information content (AvgIpc) is 2.31. The smallest absolute Gasteiger partial charge is 0.151 e.